The van der Waals surface area contributed by atoms with Gasteiger partial charge in [-0.05, 0) is 94.3 Å². The maximum absolute atomic E-state index is 11.2. The van der Waals surface area contributed by atoms with Gasteiger partial charge in [0.1, 0.15) is 11.2 Å². The molecular weight excluding hydrogens is 404 g/mol. The second kappa shape index (κ2) is 6.40. The number of aliphatic hydroxyl groups is 3. The molecule has 5 nitrogen and oxygen atoms in total. The van der Waals surface area contributed by atoms with Crippen molar-refractivity contribution in [1.82, 2.24) is 0 Å². The molecule has 3 N–H and O–H groups in total. The molecule has 0 aromatic heterocycles. The minimum absolute atomic E-state index is 0.0115. The molecule has 3 saturated carbocycles. The molecule has 0 aromatic rings. The van der Waals surface area contributed by atoms with Gasteiger partial charge >= 0.3 is 0 Å². The van der Waals surface area contributed by atoms with Crippen LogP contribution >= 0.6 is 0 Å². The molecule has 2 saturated heterocycles. The molecule has 0 spiro atoms. The highest BCUT2D eigenvalue weighted by Gasteiger charge is 2.75. The van der Waals surface area contributed by atoms with Gasteiger partial charge in [0.2, 0.25) is 0 Å². The van der Waals surface area contributed by atoms with E-state index in [0.29, 0.717) is 24.2 Å². The first-order valence-electron chi connectivity index (χ1n) is 13.0. The highest BCUT2D eigenvalue weighted by molar-refractivity contribution is 5.27. The minimum atomic E-state index is -1.17. The summed E-state index contributed by atoms with van der Waals surface area (Å²) in [6.45, 7) is 10.5. The summed E-state index contributed by atoms with van der Waals surface area (Å²) in [5, 5.41) is 32.5. The Kier molecular flexibility index (Phi) is 4.40. The summed E-state index contributed by atoms with van der Waals surface area (Å²) in [4.78, 5) is 0. The van der Waals surface area contributed by atoms with Crippen LogP contribution in [0.3, 0.4) is 0 Å². The molecule has 180 valence electrons. The third-order valence-electron chi connectivity index (χ3n) is 11.5. The number of hydrogen-bond donors (Lipinski definition) is 3. The maximum atomic E-state index is 11.2. The van der Waals surface area contributed by atoms with Gasteiger partial charge in [-0.25, -0.2) is 0 Å². The third-order valence-corrected chi connectivity index (χ3v) is 11.5. The summed E-state index contributed by atoms with van der Waals surface area (Å²) in [6.07, 6.45) is 9.29. The summed E-state index contributed by atoms with van der Waals surface area (Å²) in [6, 6.07) is 0. The Bertz CT molecular complexity index is 847. The Hall–Kier alpha value is -0.460. The first kappa shape index (κ1) is 22.0. The topological polar surface area (TPSA) is 79.2 Å². The lowest BCUT2D eigenvalue weighted by molar-refractivity contribution is -0.384. The lowest BCUT2D eigenvalue weighted by atomic mass is 9.46. The number of ether oxygens (including phenoxy) is 2. The van der Waals surface area contributed by atoms with Crippen molar-refractivity contribution in [1.29, 1.82) is 0 Å². The van der Waals surface area contributed by atoms with Crippen molar-refractivity contribution >= 4 is 0 Å². The van der Waals surface area contributed by atoms with E-state index in [1.54, 1.807) is 13.8 Å². The summed E-state index contributed by atoms with van der Waals surface area (Å²) in [7, 11) is 0. The van der Waals surface area contributed by atoms with Gasteiger partial charge < -0.3 is 24.8 Å². The summed E-state index contributed by atoms with van der Waals surface area (Å²) >= 11 is 0. The molecule has 6 rings (SSSR count). The van der Waals surface area contributed by atoms with Gasteiger partial charge in [0.05, 0.1) is 18.3 Å². The largest absolute Gasteiger partial charge is 0.393 e. The first-order valence-corrected chi connectivity index (χ1v) is 13.0. The smallest absolute Gasteiger partial charge is 0.200 e. The summed E-state index contributed by atoms with van der Waals surface area (Å²) < 4.78 is 13.3. The van der Waals surface area contributed by atoms with Crippen molar-refractivity contribution in [2.24, 2.45) is 34.5 Å². The van der Waals surface area contributed by atoms with Crippen LogP contribution in [0.25, 0.3) is 0 Å². The van der Waals surface area contributed by atoms with E-state index in [9.17, 15) is 15.3 Å². The van der Waals surface area contributed by atoms with Crippen LogP contribution in [0.2, 0.25) is 0 Å². The minimum Gasteiger partial charge on any atom is -0.393 e. The lowest BCUT2D eigenvalue weighted by Gasteiger charge is -2.59. The van der Waals surface area contributed by atoms with Crippen LogP contribution in [-0.4, -0.2) is 50.6 Å². The molecule has 2 heterocycles. The molecule has 5 fully saturated rings. The Morgan fingerprint density at radius 3 is 2.53 bits per heavy atom. The fourth-order valence-electron chi connectivity index (χ4n) is 9.80. The Balaban J connectivity index is 1.37. The molecule has 2 bridgehead atoms. The number of hydrogen-bond acceptors (Lipinski definition) is 5. The van der Waals surface area contributed by atoms with Crippen molar-refractivity contribution in [3.05, 3.63) is 11.6 Å². The molecule has 4 aliphatic carbocycles. The van der Waals surface area contributed by atoms with E-state index in [0.717, 1.165) is 38.5 Å². The molecule has 3 unspecified atom stereocenters. The van der Waals surface area contributed by atoms with E-state index in [1.165, 1.54) is 12.0 Å². The molecule has 0 aromatic carbocycles. The third kappa shape index (κ3) is 2.53. The van der Waals surface area contributed by atoms with Crippen molar-refractivity contribution in [2.75, 3.05) is 0 Å². The molecule has 11 atom stereocenters. The van der Waals surface area contributed by atoms with E-state index < -0.39 is 23.1 Å². The molecular formula is C27H42O5. The molecule has 32 heavy (non-hydrogen) atoms. The highest BCUT2D eigenvalue weighted by atomic mass is 16.7. The molecule has 5 heteroatoms. The quantitative estimate of drug-likeness (QED) is 0.532. The second-order valence-electron chi connectivity index (χ2n) is 13.4. The zero-order valence-corrected chi connectivity index (χ0v) is 20.4. The monoisotopic (exact) mass is 446 g/mol. The zero-order valence-electron chi connectivity index (χ0n) is 20.4. The molecule has 2 aliphatic heterocycles. The number of allylic oxidation sites excluding steroid dienone is 1. The van der Waals surface area contributed by atoms with Gasteiger partial charge in [-0.15, -0.1) is 0 Å². The Morgan fingerprint density at radius 2 is 1.81 bits per heavy atom. The van der Waals surface area contributed by atoms with Gasteiger partial charge in [-0.3, -0.25) is 0 Å². The van der Waals surface area contributed by atoms with E-state index in [2.05, 4.69) is 26.8 Å². The number of fused-ring (bicyclic) bond motifs is 10. The predicted octanol–water partition coefficient (Wildman–Crippen LogP) is 3.94. The van der Waals surface area contributed by atoms with Crippen molar-refractivity contribution < 1.29 is 24.8 Å². The zero-order chi connectivity index (χ0) is 22.9. The Morgan fingerprint density at radius 1 is 1.06 bits per heavy atom. The van der Waals surface area contributed by atoms with Crippen LogP contribution in [-0.2, 0) is 9.47 Å². The predicted molar refractivity (Wildman–Crippen MR) is 121 cm³/mol. The highest BCUT2D eigenvalue weighted by Crippen LogP contribution is 2.71. The van der Waals surface area contributed by atoms with Gasteiger partial charge in [0.25, 0.3) is 0 Å². The lowest BCUT2D eigenvalue weighted by Crippen LogP contribution is -2.63. The number of aliphatic hydroxyl groups excluding tert-OH is 2. The molecule has 6 aliphatic rings. The van der Waals surface area contributed by atoms with Crippen molar-refractivity contribution in [3.8, 4) is 0 Å². The van der Waals surface area contributed by atoms with Crippen LogP contribution in [0, 0.1) is 34.5 Å². The SMILES string of the molecule is CC(C)(O)[C@]12C[C@@H](O)[C@](C)(O1)[C@H]1[C@@H](CC3C4CC=C5C[C@@H](O)CC[C@]5(C)C4CC[C@@]31C)O2. The van der Waals surface area contributed by atoms with Gasteiger partial charge in [-0.2, -0.15) is 0 Å². The van der Waals surface area contributed by atoms with Gasteiger partial charge in [0.15, 0.2) is 5.79 Å². The average molecular weight is 447 g/mol. The maximum Gasteiger partial charge on any atom is 0.200 e. The fourth-order valence-corrected chi connectivity index (χ4v) is 9.80. The fraction of sp³-hybridized carbons (Fsp3) is 0.926. The van der Waals surface area contributed by atoms with E-state index >= 15 is 0 Å². The first-order chi connectivity index (χ1) is 14.8. The van der Waals surface area contributed by atoms with Gasteiger partial charge in [0, 0.05) is 12.3 Å². The van der Waals surface area contributed by atoms with Crippen molar-refractivity contribution in [3.63, 3.8) is 0 Å². The van der Waals surface area contributed by atoms with E-state index in [-0.39, 0.29) is 29.0 Å². The molecule has 0 radical (unpaired) electrons. The van der Waals surface area contributed by atoms with Crippen LogP contribution < -0.4 is 0 Å². The number of rotatable bonds is 1. The van der Waals surface area contributed by atoms with E-state index in [4.69, 9.17) is 9.47 Å². The summed E-state index contributed by atoms with van der Waals surface area (Å²) in [5.74, 6) is 0.817. The second-order valence-corrected chi connectivity index (χ2v) is 13.4. The Labute approximate surface area is 192 Å². The van der Waals surface area contributed by atoms with Gasteiger partial charge in [-0.1, -0.05) is 25.5 Å². The van der Waals surface area contributed by atoms with Crippen LogP contribution in [0.5, 0.6) is 0 Å². The van der Waals surface area contributed by atoms with Crippen LogP contribution in [0.15, 0.2) is 11.6 Å². The van der Waals surface area contributed by atoms with Crippen molar-refractivity contribution in [2.45, 2.75) is 121 Å². The summed E-state index contributed by atoms with van der Waals surface area (Å²) in [5.41, 5.74) is -0.0853. The van der Waals surface area contributed by atoms with E-state index in [1.807, 2.05) is 0 Å². The standard InChI is InChI=1S/C27H42O5/c1-23(2,30)27-14-21(29)26(5,32-27)22-20(31-27)13-19-17-7-6-15-12-16(28)8-10-24(15,3)18(17)9-11-25(19,22)4/h6,16-22,28-30H,7-14H2,1-5H3/t16-,17?,18?,19?,20+,21+,22-,24-,25-,26-,27-/m0/s1. The normalized spacial score (nSPS) is 59.0. The average Bonchev–Trinajstić information content (AvgIpc) is 3.11. The van der Waals surface area contributed by atoms with Crippen LogP contribution in [0.1, 0.15) is 86.0 Å². The molecule has 0 amide bonds. The van der Waals surface area contributed by atoms with Crippen LogP contribution in [0.4, 0.5) is 0 Å².